The molecule has 0 spiro atoms. The Morgan fingerprint density at radius 3 is 2.88 bits per heavy atom. The minimum Gasteiger partial charge on any atom is -0.366 e. The van der Waals surface area contributed by atoms with Crippen LogP contribution < -0.4 is 10.6 Å². The summed E-state index contributed by atoms with van der Waals surface area (Å²) in [6.07, 6.45) is 3.35. The van der Waals surface area contributed by atoms with Crippen LogP contribution in [0.25, 0.3) is 0 Å². The largest absolute Gasteiger partial charge is 0.366 e. The topological polar surface area (TPSA) is 85.2 Å². The maximum atomic E-state index is 11.7. The molecule has 0 fully saturated rings. The molecule has 26 heavy (non-hydrogen) atoms. The predicted octanol–water partition coefficient (Wildman–Crippen LogP) is 3.07. The first-order valence-electron chi connectivity index (χ1n) is 8.60. The van der Waals surface area contributed by atoms with E-state index >= 15 is 0 Å². The van der Waals surface area contributed by atoms with Crippen LogP contribution in [-0.2, 0) is 12.8 Å². The second kappa shape index (κ2) is 6.29. The average molecular weight is 348 g/mol. The first kappa shape index (κ1) is 16.3. The summed E-state index contributed by atoms with van der Waals surface area (Å²) in [5.74, 6) is 1.33. The van der Waals surface area contributed by atoms with E-state index in [1.165, 1.54) is 0 Å². The smallest absolute Gasteiger partial charge is 0.249 e. The molecule has 0 saturated carbocycles. The average Bonchev–Trinajstić information content (AvgIpc) is 3.20. The molecular formula is C20H20N4O2. The Morgan fingerprint density at radius 2 is 2.15 bits per heavy atom. The van der Waals surface area contributed by atoms with Gasteiger partial charge in [0.05, 0.1) is 5.69 Å². The van der Waals surface area contributed by atoms with E-state index in [1.54, 1.807) is 6.07 Å². The van der Waals surface area contributed by atoms with Gasteiger partial charge in [-0.1, -0.05) is 11.2 Å². The van der Waals surface area contributed by atoms with E-state index < -0.39 is 0 Å². The zero-order chi connectivity index (χ0) is 18.3. The summed E-state index contributed by atoms with van der Waals surface area (Å²) in [7, 11) is 0. The third-order valence-corrected chi connectivity index (χ3v) is 4.94. The molecule has 0 aliphatic carbocycles. The second-order valence-electron chi connectivity index (χ2n) is 6.57. The fraction of sp³-hybridized carbons (Fsp3) is 0.250. The molecule has 6 nitrogen and oxygen atoms in total. The number of nitrogens with zero attached hydrogens (tertiary/aromatic N) is 3. The molecule has 2 N–H and O–H groups in total. The number of primary amides is 1. The second-order valence-corrected chi connectivity index (χ2v) is 6.57. The summed E-state index contributed by atoms with van der Waals surface area (Å²) >= 11 is 0. The van der Waals surface area contributed by atoms with Crippen molar-refractivity contribution in [1.82, 2.24) is 10.1 Å². The van der Waals surface area contributed by atoms with Crippen molar-refractivity contribution in [2.24, 2.45) is 5.73 Å². The minimum atomic E-state index is -0.385. The number of rotatable bonds is 4. The van der Waals surface area contributed by atoms with Crippen molar-refractivity contribution in [2.75, 3.05) is 11.4 Å². The molecular weight excluding hydrogens is 328 g/mol. The number of fused-ring (bicyclic) bond motifs is 1. The van der Waals surface area contributed by atoms with Crippen molar-refractivity contribution < 1.29 is 9.32 Å². The number of pyridine rings is 1. The van der Waals surface area contributed by atoms with Crippen LogP contribution >= 0.6 is 0 Å². The number of hydrogen-bond donors (Lipinski definition) is 1. The van der Waals surface area contributed by atoms with Crippen molar-refractivity contribution in [3.8, 4) is 0 Å². The number of hydrogen-bond acceptors (Lipinski definition) is 5. The van der Waals surface area contributed by atoms with Gasteiger partial charge in [-0.2, -0.15) is 0 Å². The van der Waals surface area contributed by atoms with Gasteiger partial charge >= 0.3 is 0 Å². The molecule has 0 bridgehead atoms. The standard InChI is InChI=1S/C20H20N4O2/c1-12-17(13(2)26-23-12)10-14-6-8-22-19(11-14)24-9-7-15-16(20(21)25)4-3-5-18(15)24/h3-6,8,11H,7,9-10H2,1-2H3,(H2,21,25). The quantitative estimate of drug-likeness (QED) is 0.783. The Labute approximate surface area is 151 Å². The monoisotopic (exact) mass is 348 g/mol. The minimum absolute atomic E-state index is 0.385. The maximum Gasteiger partial charge on any atom is 0.249 e. The lowest BCUT2D eigenvalue weighted by atomic mass is 10.0. The summed E-state index contributed by atoms with van der Waals surface area (Å²) in [6, 6.07) is 9.75. The number of nitrogens with two attached hydrogens (primary N) is 1. The molecule has 0 atom stereocenters. The van der Waals surface area contributed by atoms with Crippen molar-refractivity contribution in [3.63, 3.8) is 0 Å². The first-order chi connectivity index (χ1) is 12.5. The van der Waals surface area contributed by atoms with Gasteiger partial charge in [-0.3, -0.25) is 4.79 Å². The van der Waals surface area contributed by atoms with Gasteiger partial charge in [0.2, 0.25) is 5.91 Å². The Hall–Kier alpha value is -3.15. The van der Waals surface area contributed by atoms with Crippen LogP contribution in [0.1, 0.15) is 38.5 Å². The summed E-state index contributed by atoms with van der Waals surface area (Å²) in [5.41, 5.74) is 11.3. The molecule has 3 heterocycles. The molecule has 4 rings (SSSR count). The van der Waals surface area contributed by atoms with Gasteiger partial charge in [0.15, 0.2) is 0 Å². The van der Waals surface area contributed by atoms with Gasteiger partial charge in [-0.05, 0) is 55.7 Å². The van der Waals surface area contributed by atoms with Crippen LogP contribution in [0.2, 0.25) is 0 Å². The Bertz CT molecular complexity index is 974. The third-order valence-electron chi connectivity index (χ3n) is 4.94. The number of aryl methyl sites for hydroxylation is 2. The van der Waals surface area contributed by atoms with Crippen LogP contribution in [0.4, 0.5) is 11.5 Å². The van der Waals surface area contributed by atoms with Crippen LogP contribution in [0.3, 0.4) is 0 Å². The molecule has 132 valence electrons. The van der Waals surface area contributed by atoms with E-state index in [0.717, 1.165) is 59.0 Å². The van der Waals surface area contributed by atoms with E-state index in [2.05, 4.69) is 21.1 Å². The van der Waals surface area contributed by atoms with Crippen molar-refractivity contribution in [2.45, 2.75) is 26.7 Å². The van der Waals surface area contributed by atoms with Gasteiger partial charge in [0.1, 0.15) is 11.6 Å². The molecule has 1 aliphatic heterocycles. The molecule has 2 aromatic heterocycles. The number of anilines is 2. The Balaban J connectivity index is 1.67. The van der Waals surface area contributed by atoms with E-state index in [1.807, 2.05) is 38.2 Å². The summed E-state index contributed by atoms with van der Waals surface area (Å²) in [5, 5.41) is 4.02. The number of carbonyl (C=O) groups is 1. The highest BCUT2D eigenvalue weighted by Crippen LogP contribution is 2.35. The van der Waals surface area contributed by atoms with E-state index in [-0.39, 0.29) is 5.91 Å². The molecule has 0 radical (unpaired) electrons. The van der Waals surface area contributed by atoms with Gasteiger partial charge < -0.3 is 15.2 Å². The number of carbonyl (C=O) groups excluding carboxylic acids is 1. The first-order valence-corrected chi connectivity index (χ1v) is 8.60. The van der Waals surface area contributed by atoms with Gasteiger partial charge in [0.25, 0.3) is 0 Å². The zero-order valence-corrected chi connectivity index (χ0v) is 14.8. The fourth-order valence-electron chi connectivity index (χ4n) is 3.58. The highest BCUT2D eigenvalue weighted by atomic mass is 16.5. The molecule has 3 aromatic rings. The molecule has 0 saturated heterocycles. The molecule has 1 amide bonds. The summed E-state index contributed by atoms with van der Waals surface area (Å²) < 4.78 is 5.26. The SMILES string of the molecule is Cc1noc(C)c1Cc1ccnc(N2CCc3c(C(N)=O)cccc32)c1. The van der Waals surface area contributed by atoms with Gasteiger partial charge in [-0.15, -0.1) is 0 Å². The van der Waals surface area contributed by atoms with Crippen LogP contribution in [0.15, 0.2) is 41.1 Å². The highest BCUT2D eigenvalue weighted by Gasteiger charge is 2.25. The highest BCUT2D eigenvalue weighted by molar-refractivity contribution is 5.96. The summed E-state index contributed by atoms with van der Waals surface area (Å²) in [4.78, 5) is 18.3. The van der Waals surface area contributed by atoms with E-state index in [0.29, 0.717) is 5.56 Å². The van der Waals surface area contributed by atoms with Crippen molar-refractivity contribution in [3.05, 3.63) is 70.2 Å². The number of benzene rings is 1. The molecule has 1 aliphatic rings. The molecule has 1 aromatic carbocycles. The lowest BCUT2D eigenvalue weighted by molar-refractivity contribution is 0.0999. The third kappa shape index (κ3) is 2.73. The van der Waals surface area contributed by atoms with Crippen LogP contribution in [0, 0.1) is 13.8 Å². The lowest BCUT2D eigenvalue weighted by Gasteiger charge is -2.19. The Morgan fingerprint density at radius 1 is 1.31 bits per heavy atom. The maximum absolute atomic E-state index is 11.7. The zero-order valence-electron chi connectivity index (χ0n) is 14.8. The van der Waals surface area contributed by atoms with Gasteiger partial charge in [-0.25, -0.2) is 4.98 Å². The Kier molecular flexibility index (Phi) is 3.95. The number of amides is 1. The molecule has 0 unspecified atom stereocenters. The van der Waals surface area contributed by atoms with Gasteiger partial charge in [0, 0.05) is 36.0 Å². The normalized spacial score (nSPS) is 13.1. The van der Waals surface area contributed by atoms with Crippen molar-refractivity contribution in [1.29, 1.82) is 0 Å². The van der Waals surface area contributed by atoms with Crippen LogP contribution in [0.5, 0.6) is 0 Å². The fourth-order valence-corrected chi connectivity index (χ4v) is 3.58. The van der Waals surface area contributed by atoms with E-state index in [9.17, 15) is 4.79 Å². The summed E-state index contributed by atoms with van der Waals surface area (Å²) in [6.45, 7) is 4.66. The van der Waals surface area contributed by atoms with Crippen molar-refractivity contribution >= 4 is 17.4 Å². The lowest BCUT2D eigenvalue weighted by Crippen LogP contribution is -2.15. The van der Waals surface area contributed by atoms with Crippen LogP contribution in [-0.4, -0.2) is 22.6 Å². The predicted molar refractivity (Wildman–Crippen MR) is 98.7 cm³/mol. The van der Waals surface area contributed by atoms with E-state index in [4.69, 9.17) is 10.3 Å². The molecule has 6 heteroatoms. The number of aromatic nitrogens is 2.